The molecule has 0 atom stereocenters. The zero-order chi connectivity index (χ0) is 13.3. The molecule has 1 aromatic heterocycles. The standard InChI is InChI=1S/C11H9NO5S/c13-9-3-1-8(2-4-9)12-6-5-10(7-11(12)14)18(15,16)17/h1-7,13H,(H,15,16,17). The molecule has 0 radical (unpaired) electrons. The molecule has 0 fully saturated rings. The Hall–Kier alpha value is -2.12. The molecule has 0 spiro atoms. The molecule has 6 nitrogen and oxygen atoms in total. The van der Waals surface area contributed by atoms with Gasteiger partial charge in [-0.25, -0.2) is 0 Å². The molecular weight excluding hydrogens is 258 g/mol. The van der Waals surface area contributed by atoms with Crippen LogP contribution in [0.5, 0.6) is 5.75 Å². The van der Waals surface area contributed by atoms with Crippen LogP contribution in [0.1, 0.15) is 0 Å². The van der Waals surface area contributed by atoms with E-state index >= 15 is 0 Å². The van der Waals surface area contributed by atoms with Gasteiger partial charge in [0.2, 0.25) is 0 Å². The highest BCUT2D eigenvalue weighted by molar-refractivity contribution is 7.85. The number of hydrogen-bond donors (Lipinski definition) is 2. The summed E-state index contributed by atoms with van der Waals surface area (Å²) in [5.41, 5.74) is -0.129. The predicted octanol–water partition coefficient (Wildman–Crippen LogP) is 0.790. The zero-order valence-electron chi connectivity index (χ0n) is 9.02. The van der Waals surface area contributed by atoms with E-state index in [2.05, 4.69) is 0 Å². The maximum absolute atomic E-state index is 11.7. The average Bonchev–Trinajstić information content (AvgIpc) is 2.29. The van der Waals surface area contributed by atoms with E-state index < -0.39 is 20.6 Å². The van der Waals surface area contributed by atoms with Gasteiger partial charge in [-0.15, -0.1) is 0 Å². The number of aromatic nitrogens is 1. The Labute approximate surface area is 103 Å². The van der Waals surface area contributed by atoms with E-state index in [9.17, 15) is 13.2 Å². The molecular formula is C11H9NO5S. The van der Waals surface area contributed by atoms with E-state index in [-0.39, 0.29) is 5.75 Å². The van der Waals surface area contributed by atoms with Crippen LogP contribution in [0.15, 0.2) is 52.3 Å². The van der Waals surface area contributed by atoms with Crippen molar-refractivity contribution in [2.75, 3.05) is 0 Å². The quantitative estimate of drug-likeness (QED) is 0.784. The number of phenolic OH excluding ortho intramolecular Hbond substituents is 1. The van der Waals surface area contributed by atoms with Crippen molar-refractivity contribution in [2.24, 2.45) is 0 Å². The molecule has 18 heavy (non-hydrogen) atoms. The summed E-state index contributed by atoms with van der Waals surface area (Å²) in [7, 11) is -4.38. The molecule has 0 unspecified atom stereocenters. The van der Waals surface area contributed by atoms with Crippen LogP contribution in [0.4, 0.5) is 0 Å². The minimum Gasteiger partial charge on any atom is -0.508 e. The minimum atomic E-state index is -4.38. The molecule has 2 aromatic rings. The number of phenols is 1. The van der Waals surface area contributed by atoms with Crippen molar-refractivity contribution < 1.29 is 18.1 Å². The van der Waals surface area contributed by atoms with E-state index in [1.54, 1.807) is 0 Å². The smallest absolute Gasteiger partial charge is 0.294 e. The summed E-state index contributed by atoms with van der Waals surface area (Å²) >= 11 is 0. The molecule has 2 rings (SSSR count). The van der Waals surface area contributed by atoms with Gasteiger partial charge in [-0.2, -0.15) is 8.42 Å². The van der Waals surface area contributed by atoms with Gasteiger partial charge in [0.1, 0.15) is 10.6 Å². The Morgan fingerprint density at radius 2 is 1.67 bits per heavy atom. The third-order valence-electron chi connectivity index (χ3n) is 2.32. The van der Waals surface area contributed by atoms with Gasteiger partial charge in [0, 0.05) is 18.0 Å². The largest absolute Gasteiger partial charge is 0.508 e. The van der Waals surface area contributed by atoms with Gasteiger partial charge in [0.25, 0.3) is 15.7 Å². The lowest BCUT2D eigenvalue weighted by molar-refractivity contribution is 0.475. The fourth-order valence-electron chi connectivity index (χ4n) is 1.45. The van der Waals surface area contributed by atoms with Gasteiger partial charge in [0.15, 0.2) is 0 Å². The van der Waals surface area contributed by atoms with Crippen LogP contribution >= 0.6 is 0 Å². The zero-order valence-corrected chi connectivity index (χ0v) is 9.83. The summed E-state index contributed by atoms with van der Waals surface area (Å²) in [6.07, 6.45) is 1.23. The first-order chi connectivity index (χ1) is 8.38. The second-order valence-corrected chi connectivity index (χ2v) is 4.98. The highest BCUT2D eigenvalue weighted by Crippen LogP contribution is 2.13. The first-order valence-corrected chi connectivity index (χ1v) is 6.31. The predicted molar refractivity (Wildman–Crippen MR) is 63.5 cm³/mol. The summed E-state index contributed by atoms with van der Waals surface area (Å²) in [5, 5.41) is 9.12. The van der Waals surface area contributed by atoms with Gasteiger partial charge in [0.05, 0.1) is 0 Å². The second-order valence-electron chi connectivity index (χ2n) is 3.56. The van der Waals surface area contributed by atoms with Gasteiger partial charge < -0.3 is 5.11 Å². The van der Waals surface area contributed by atoms with Gasteiger partial charge in [-0.3, -0.25) is 13.9 Å². The fraction of sp³-hybridized carbons (Fsp3) is 0. The Bertz CT molecular complexity index is 731. The third kappa shape index (κ3) is 2.41. The normalized spacial score (nSPS) is 11.4. The molecule has 0 saturated carbocycles. The van der Waals surface area contributed by atoms with Crippen LogP contribution in [-0.2, 0) is 10.1 Å². The first kappa shape index (κ1) is 12.3. The van der Waals surface area contributed by atoms with E-state index in [1.807, 2.05) is 0 Å². The van der Waals surface area contributed by atoms with Crippen LogP contribution in [0.25, 0.3) is 5.69 Å². The first-order valence-electron chi connectivity index (χ1n) is 4.87. The highest BCUT2D eigenvalue weighted by atomic mass is 32.2. The molecule has 0 saturated heterocycles. The van der Waals surface area contributed by atoms with E-state index in [4.69, 9.17) is 9.66 Å². The lowest BCUT2D eigenvalue weighted by atomic mass is 10.3. The molecule has 94 valence electrons. The average molecular weight is 267 g/mol. The molecule has 0 bridgehead atoms. The highest BCUT2D eigenvalue weighted by Gasteiger charge is 2.11. The van der Waals surface area contributed by atoms with Crippen molar-refractivity contribution in [2.45, 2.75) is 4.90 Å². The summed E-state index contributed by atoms with van der Waals surface area (Å²) in [5.74, 6) is 0.0568. The summed E-state index contributed by atoms with van der Waals surface area (Å²) < 4.78 is 31.7. The summed E-state index contributed by atoms with van der Waals surface area (Å²) in [6, 6.07) is 7.75. The maximum Gasteiger partial charge on any atom is 0.294 e. The molecule has 0 amide bonds. The van der Waals surface area contributed by atoms with Crippen LogP contribution in [0.3, 0.4) is 0 Å². The molecule has 1 aromatic carbocycles. The third-order valence-corrected chi connectivity index (χ3v) is 3.17. The van der Waals surface area contributed by atoms with Crippen molar-refractivity contribution >= 4 is 10.1 Å². The summed E-state index contributed by atoms with van der Waals surface area (Å²) in [6.45, 7) is 0. The van der Waals surface area contributed by atoms with Crippen molar-refractivity contribution in [1.29, 1.82) is 0 Å². The van der Waals surface area contributed by atoms with Gasteiger partial charge >= 0.3 is 0 Å². The van der Waals surface area contributed by atoms with E-state index in [1.165, 1.54) is 35.0 Å². The molecule has 0 aliphatic rings. The minimum absolute atomic E-state index is 0.0568. The molecule has 2 N–H and O–H groups in total. The molecule has 0 aliphatic carbocycles. The number of rotatable bonds is 2. The fourth-order valence-corrected chi connectivity index (χ4v) is 1.93. The number of pyridine rings is 1. The Balaban J connectivity index is 2.55. The van der Waals surface area contributed by atoms with Crippen LogP contribution in [0, 0.1) is 0 Å². The number of aromatic hydroxyl groups is 1. The Kier molecular flexibility index (Phi) is 2.93. The molecule has 7 heteroatoms. The lowest BCUT2D eigenvalue weighted by Crippen LogP contribution is -2.18. The van der Waals surface area contributed by atoms with Gasteiger partial charge in [-0.1, -0.05) is 0 Å². The van der Waals surface area contributed by atoms with Crippen molar-refractivity contribution in [3.8, 4) is 11.4 Å². The van der Waals surface area contributed by atoms with Crippen LogP contribution in [0.2, 0.25) is 0 Å². The molecule has 0 aliphatic heterocycles. The van der Waals surface area contributed by atoms with Crippen LogP contribution < -0.4 is 5.56 Å². The van der Waals surface area contributed by atoms with Crippen LogP contribution in [-0.4, -0.2) is 22.6 Å². The topological polar surface area (TPSA) is 96.6 Å². The summed E-state index contributed by atoms with van der Waals surface area (Å²) in [4.78, 5) is 11.2. The number of benzene rings is 1. The molecule has 1 heterocycles. The van der Waals surface area contributed by atoms with Crippen molar-refractivity contribution in [3.63, 3.8) is 0 Å². The number of hydrogen-bond acceptors (Lipinski definition) is 4. The Morgan fingerprint density at radius 3 is 2.17 bits per heavy atom. The number of nitrogens with zero attached hydrogens (tertiary/aromatic N) is 1. The maximum atomic E-state index is 11.7. The monoisotopic (exact) mass is 267 g/mol. The SMILES string of the molecule is O=c1cc(S(=O)(=O)O)ccn1-c1ccc(O)cc1. The van der Waals surface area contributed by atoms with E-state index in [0.717, 1.165) is 12.1 Å². The Morgan fingerprint density at radius 1 is 1.06 bits per heavy atom. The van der Waals surface area contributed by atoms with Crippen molar-refractivity contribution in [3.05, 3.63) is 52.9 Å². The second kappa shape index (κ2) is 4.28. The lowest BCUT2D eigenvalue weighted by Gasteiger charge is -2.06. The van der Waals surface area contributed by atoms with E-state index in [0.29, 0.717) is 5.69 Å². The van der Waals surface area contributed by atoms with Gasteiger partial charge in [-0.05, 0) is 30.3 Å². The van der Waals surface area contributed by atoms with Crippen molar-refractivity contribution in [1.82, 2.24) is 4.57 Å².